The first-order valence-corrected chi connectivity index (χ1v) is 13.2. The molecular weight excluding hydrogens is 461 g/mol. The fraction of sp³-hybridized carbons (Fsp3) is 0.667. The average molecular weight is 504 g/mol. The molecule has 1 aliphatic rings. The van der Waals surface area contributed by atoms with Gasteiger partial charge in [0.25, 0.3) is 5.91 Å². The highest BCUT2D eigenvalue weighted by Crippen LogP contribution is 2.25. The number of benzene rings is 1. The maximum absolute atomic E-state index is 14.7. The lowest BCUT2D eigenvalue weighted by Crippen LogP contribution is -2.54. The Kier molecular flexibility index (Phi) is 10.8. The van der Waals surface area contributed by atoms with Crippen LogP contribution in [-0.2, 0) is 11.2 Å². The van der Waals surface area contributed by atoms with Gasteiger partial charge in [-0.05, 0) is 56.1 Å². The molecule has 0 radical (unpaired) electrons. The number of hydrogen-bond donors (Lipinski definition) is 2. The second kappa shape index (κ2) is 13.8. The maximum atomic E-state index is 14.7. The van der Waals surface area contributed by atoms with Gasteiger partial charge in [-0.1, -0.05) is 44.5 Å². The number of hydrogen-bond acceptors (Lipinski definition) is 6. The third-order valence-electron chi connectivity index (χ3n) is 6.81. The Balaban J connectivity index is 1.93. The fourth-order valence-electron chi connectivity index (χ4n) is 4.99. The van der Waals surface area contributed by atoms with E-state index in [1.165, 1.54) is 10.7 Å². The normalized spacial score (nSPS) is 19.0. The number of para-hydroxylation sites is 1. The molecule has 0 spiro atoms. The molecule has 3 rings (SSSR count). The molecule has 1 aliphatic heterocycles. The van der Waals surface area contributed by atoms with Crippen LogP contribution >= 0.6 is 0 Å². The standard InChI is InChI=1S/C27H42FN5O3/c1-5-10-25(34)20-15-21(17-29-16-20)32(18-19(2)3)27(35)26-24(13-8-9-14-36-4)33(31-30-26)23-12-7-6-11-22(23)28/h6-7,11-12,19-21,25,29,34H,5,8-10,13-18H2,1-4H3/t20-,21+,25?/m1/s1. The van der Waals surface area contributed by atoms with Crippen molar-refractivity contribution in [2.24, 2.45) is 11.8 Å². The number of aliphatic hydroxyl groups excluding tert-OH is 1. The molecule has 8 nitrogen and oxygen atoms in total. The summed E-state index contributed by atoms with van der Waals surface area (Å²) in [6.45, 7) is 8.83. The number of unbranched alkanes of at least 4 members (excludes halogenated alkanes) is 1. The van der Waals surface area contributed by atoms with Crippen LogP contribution in [0.25, 0.3) is 5.69 Å². The Morgan fingerprint density at radius 2 is 2.08 bits per heavy atom. The second-order valence-electron chi connectivity index (χ2n) is 10.2. The van der Waals surface area contributed by atoms with E-state index in [4.69, 9.17) is 4.74 Å². The predicted octanol–water partition coefficient (Wildman–Crippen LogP) is 3.61. The van der Waals surface area contributed by atoms with E-state index in [1.807, 2.05) is 4.90 Å². The van der Waals surface area contributed by atoms with E-state index in [9.17, 15) is 14.3 Å². The van der Waals surface area contributed by atoms with Crippen molar-refractivity contribution < 1.29 is 19.0 Å². The van der Waals surface area contributed by atoms with Crippen LogP contribution in [0.4, 0.5) is 4.39 Å². The van der Waals surface area contributed by atoms with E-state index in [-0.39, 0.29) is 41.3 Å². The van der Waals surface area contributed by atoms with Gasteiger partial charge >= 0.3 is 0 Å². The van der Waals surface area contributed by atoms with E-state index in [1.54, 1.807) is 25.3 Å². The molecule has 0 saturated carbocycles. The summed E-state index contributed by atoms with van der Waals surface area (Å²) in [4.78, 5) is 15.9. The molecule has 1 aromatic heterocycles. The summed E-state index contributed by atoms with van der Waals surface area (Å²) < 4.78 is 21.3. The number of nitrogens with one attached hydrogen (secondary N) is 1. The van der Waals surface area contributed by atoms with E-state index in [2.05, 4.69) is 36.4 Å². The second-order valence-corrected chi connectivity index (χ2v) is 10.2. The summed E-state index contributed by atoms with van der Waals surface area (Å²) in [5.74, 6) is -0.260. The lowest BCUT2D eigenvalue weighted by molar-refractivity contribution is 0.0373. The van der Waals surface area contributed by atoms with Crippen LogP contribution in [0, 0.1) is 17.7 Å². The minimum Gasteiger partial charge on any atom is -0.393 e. The van der Waals surface area contributed by atoms with Crippen LogP contribution in [0.3, 0.4) is 0 Å². The maximum Gasteiger partial charge on any atom is 0.276 e. The van der Waals surface area contributed by atoms with Crippen molar-refractivity contribution in [1.82, 2.24) is 25.2 Å². The van der Waals surface area contributed by atoms with E-state index < -0.39 is 5.82 Å². The van der Waals surface area contributed by atoms with Gasteiger partial charge in [0.1, 0.15) is 11.5 Å². The lowest BCUT2D eigenvalue weighted by Gasteiger charge is -2.40. The van der Waals surface area contributed by atoms with Crippen LogP contribution in [0.1, 0.15) is 69.1 Å². The van der Waals surface area contributed by atoms with Gasteiger partial charge in [0.05, 0.1) is 11.8 Å². The number of rotatable bonds is 13. The Hall–Kier alpha value is -2.36. The monoisotopic (exact) mass is 503 g/mol. The quantitative estimate of drug-likeness (QED) is 0.406. The largest absolute Gasteiger partial charge is 0.393 e. The molecule has 36 heavy (non-hydrogen) atoms. The number of ether oxygens (including phenoxy) is 1. The summed E-state index contributed by atoms with van der Waals surface area (Å²) in [6, 6.07) is 6.34. The number of methoxy groups -OCH3 is 1. The molecule has 2 aromatic rings. The highest BCUT2D eigenvalue weighted by molar-refractivity contribution is 5.93. The van der Waals surface area contributed by atoms with Gasteiger partial charge in [-0.3, -0.25) is 4.79 Å². The molecule has 3 atom stereocenters. The highest BCUT2D eigenvalue weighted by Gasteiger charge is 2.35. The number of piperidine rings is 1. The zero-order valence-electron chi connectivity index (χ0n) is 22.1. The van der Waals surface area contributed by atoms with Crippen molar-refractivity contribution in [3.63, 3.8) is 0 Å². The molecule has 1 saturated heterocycles. The van der Waals surface area contributed by atoms with E-state index >= 15 is 0 Å². The fourth-order valence-corrected chi connectivity index (χ4v) is 4.99. The van der Waals surface area contributed by atoms with Gasteiger partial charge in [0, 0.05) is 39.4 Å². The molecule has 1 fully saturated rings. The molecule has 2 N–H and O–H groups in total. The van der Waals surface area contributed by atoms with Gasteiger partial charge in [-0.15, -0.1) is 5.10 Å². The van der Waals surface area contributed by atoms with E-state index in [0.29, 0.717) is 31.8 Å². The molecular formula is C27H42FN5O3. The number of nitrogens with zero attached hydrogens (tertiary/aromatic N) is 4. The van der Waals surface area contributed by atoms with Crippen LogP contribution < -0.4 is 5.32 Å². The first kappa shape index (κ1) is 28.2. The van der Waals surface area contributed by atoms with Crippen molar-refractivity contribution in [1.29, 1.82) is 0 Å². The Morgan fingerprint density at radius 3 is 2.78 bits per heavy atom. The SMILES string of the molecule is CCCC(O)[C@H]1CNC[C@@H](N(CC(C)C)C(=O)c2nnn(-c3ccccc3F)c2CCCCOC)C1. The summed E-state index contributed by atoms with van der Waals surface area (Å²) in [7, 11) is 1.66. The molecule has 1 unspecified atom stereocenters. The zero-order chi connectivity index (χ0) is 26.1. The predicted molar refractivity (Wildman–Crippen MR) is 138 cm³/mol. The summed E-state index contributed by atoms with van der Waals surface area (Å²) in [6.07, 6.45) is 4.11. The van der Waals surface area contributed by atoms with Crippen LogP contribution in [0.15, 0.2) is 24.3 Å². The van der Waals surface area contributed by atoms with E-state index in [0.717, 1.165) is 38.6 Å². The molecule has 9 heteroatoms. The molecule has 0 bridgehead atoms. The Morgan fingerprint density at radius 1 is 1.31 bits per heavy atom. The Labute approximate surface area is 214 Å². The van der Waals surface area contributed by atoms with Gasteiger partial charge < -0.3 is 20.1 Å². The van der Waals surface area contributed by atoms with Crippen molar-refractivity contribution in [2.45, 2.75) is 71.4 Å². The summed E-state index contributed by atoms with van der Waals surface area (Å²) >= 11 is 0. The number of amides is 1. The molecule has 1 aromatic carbocycles. The third-order valence-corrected chi connectivity index (χ3v) is 6.81. The summed E-state index contributed by atoms with van der Waals surface area (Å²) in [5, 5.41) is 22.6. The van der Waals surface area contributed by atoms with Gasteiger partial charge in [0.15, 0.2) is 5.69 Å². The minimum absolute atomic E-state index is 0.0647. The molecule has 2 heterocycles. The topological polar surface area (TPSA) is 92.5 Å². The Bertz CT molecular complexity index is 967. The van der Waals surface area contributed by atoms with Gasteiger partial charge in [-0.25, -0.2) is 9.07 Å². The minimum atomic E-state index is -0.414. The highest BCUT2D eigenvalue weighted by atomic mass is 19.1. The van der Waals surface area contributed by atoms with Gasteiger partial charge in [-0.2, -0.15) is 0 Å². The number of aliphatic hydroxyl groups is 1. The van der Waals surface area contributed by atoms with Crippen LogP contribution in [-0.4, -0.2) is 76.4 Å². The number of aromatic nitrogens is 3. The smallest absolute Gasteiger partial charge is 0.276 e. The molecule has 200 valence electrons. The first-order chi connectivity index (χ1) is 17.4. The first-order valence-electron chi connectivity index (χ1n) is 13.2. The third kappa shape index (κ3) is 7.11. The number of carbonyl (C=O) groups excluding carboxylic acids is 1. The van der Waals surface area contributed by atoms with Crippen molar-refractivity contribution in [2.75, 3.05) is 33.4 Å². The van der Waals surface area contributed by atoms with Crippen LogP contribution in [0.5, 0.6) is 0 Å². The van der Waals surface area contributed by atoms with Crippen LogP contribution in [0.2, 0.25) is 0 Å². The lowest BCUT2D eigenvalue weighted by atomic mass is 9.87. The average Bonchev–Trinajstić information content (AvgIpc) is 3.28. The number of halogens is 1. The number of carbonyl (C=O) groups is 1. The zero-order valence-corrected chi connectivity index (χ0v) is 22.1. The van der Waals surface area contributed by atoms with Crippen molar-refractivity contribution in [3.8, 4) is 5.69 Å². The van der Waals surface area contributed by atoms with Gasteiger partial charge in [0.2, 0.25) is 0 Å². The molecule has 1 amide bonds. The summed E-state index contributed by atoms with van der Waals surface area (Å²) in [5.41, 5.74) is 1.16. The van der Waals surface area contributed by atoms with Crippen molar-refractivity contribution >= 4 is 5.91 Å². The molecule has 0 aliphatic carbocycles. The van der Waals surface area contributed by atoms with Crippen molar-refractivity contribution in [3.05, 3.63) is 41.5 Å².